The van der Waals surface area contributed by atoms with Crippen molar-refractivity contribution in [3.05, 3.63) is 72.3 Å². The Labute approximate surface area is 214 Å². The van der Waals surface area contributed by atoms with E-state index in [0.29, 0.717) is 35.0 Å². The normalized spacial score (nSPS) is 11.9. The second kappa shape index (κ2) is 11.3. The lowest BCUT2D eigenvalue weighted by molar-refractivity contribution is 0.0985. The zero-order chi connectivity index (χ0) is 25.7. The summed E-state index contributed by atoms with van der Waals surface area (Å²) < 4.78 is 44.2. The number of carbonyl (C=O) groups is 1. The fraction of sp³-hybridized carbons (Fsp3) is 0.320. The summed E-state index contributed by atoms with van der Waals surface area (Å²) in [7, 11) is -3.66. The molecule has 1 amide bonds. The molecule has 190 valence electrons. The van der Waals surface area contributed by atoms with Gasteiger partial charge in [0, 0.05) is 37.6 Å². The minimum Gasteiger partial charge on any atom is -0.282 e. The number of thiazole rings is 1. The van der Waals surface area contributed by atoms with Crippen LogP contribution < -0.4 is 4.90 Å². The minimum absolute atomic E-state index is 0.141. The Morgan fingerprint density at radius 1 is 1.08 bits per heavy atom. The van der Waals surface area contributed by atoms with Gasteiger partial charge in [-0.3, -0.25) is 14.4 Å². The smallest absolute Gasteiger partial charge is 0.260 e. The van der Waals surface area contributed by atoms with Gasteiger partial charge in [-0.25, -0.2) is 17.8 Å². The van der Waals surface area contributed by atoms with Gasteiger partial charge in [-0.2, -0.15) is 9.40 Å². The van der Waals surface area contributed by atoms with Crippen LogP contribution in [0.5, 0.6) is 0 Å². The summed E-state index contributed by atoms with van der Waals surface area (Å²) in [5, 5.41) is 4.55. The molecule has 0 N–H and O–H groups in total. The second-order valence-electron chi connectivity index (χ2n) is 8.18. The first-order valence-electron chi connectivity index (χ1n) is 11.8. The molecular formula is C25H28FN5O3S2. The predicted octanol–water partition coefficient (Wildman–Crippen LogP) is 4.79. The van der Waals surface area contributed by atoms with Gasteiger partial charge in [0.25, 0.3) is 5.91 Å². The van der Waals surface area contributed by atoms with Gasteiger partial charge in [-0.05, 0) is 48.9 Å². The van der Waals surface area contributed by atoms with Crippen molar-refractivity contribution in [2.24, 2.45) is 0 Å². The SMILES string of the molecule is CCCCN(CC)S(=O)(=O)c1ccc(C(=O)N(CCn2cccn2)c2nc3c(F)cccc3s2)cc1. The molecule has 0 fully saturated rings. The molecule has 0 aliphatic rings. The molecule has 0 aliphatic heterocycles. The summed E-state index contributed by atoms with van der Waals surface area (Å²) in [6.07, 6.45) is 5.11. The lowest BCUT2D eigenvalue weighted by atomic mass is 10.2. The van der Waals surface area contributed by atoms with E-state index in [1.165, 1.54) is 50.9 Å². The average Bonchev–Trinajstić information content (AvgIpc) is 3.55. The molecule has 36 heavy (non-hydrogen) atoms. The Kier molecular flexibility index (Phi) is 8.12. The quantitative estimate of drug-likeness (QED) is 0.279. The highest BCUT2D eigenvalue weighted by atomic mass is 32.2. The second-order valence-corrected chi connectivity index (χ2v) is 11.1. The fourth-order valence-electron chi connectivity index (χ4n) is 3.80. The van der Waals surface area contributed by atoms with Crippen LogP contribution in [0.1, 0.15) is 37.0 Å². The van der Waals surface area contributed by atoms with E-state index in [9.17, 15) is 17.6 Å². The van der Waals surface area contributed by atoms with Crippen molar-refractivity contribution >= 4 is 42.6 Å². The van der Waals surface area contributed by atoms with Gasteiger partial charge in [-0.15, -0.1) is 0 Å². The molecule has 0 saturated carbocycles. The van der Waals surface area contributed by atoms with E-state index >= 15 is 0 Å². The van der Waals surface area contributed by atoms with E-state index in [4.69, 9.17) is 0 Å². The summed E-state index contributed by atoms with van der Waals surface area (Å²) in [6.45, 7) is 5.31. The Hall–Kier alpha value is -3.15. The summed E-state index contributed by atoms with van der Waals surface area (Å²) in [5.74, 6) is -0.809. The van der Waals surface area contributed by atoms with E-state index in [1.807, 2.05) is 13.8 Å². The molecule has 11 heteroatoms. The zero-order valence-corrected chi connectivity index (χ0v) is 21.8. The number of aromatic nitrogens is 3. The van der Waals surface area contributed by atoms with Gasteiger partial charge in [0.2, 0.25) is 10.0 Å². The van der Waals surface area contributed by atoms with Crippen LogP contribution in [-0.2, 0) is 16.6 Å². The number of nitrogens with zero attached hydrogens (tertiary/aromatic N) is 5. The Balaban J connectivity index is 1.63. The standard InChI is InChI=1S/C25H28FN5O3S2/c1-3-5-16-30(4-2)36(33,34)20-12-10-19(11-13-20)24(32)31(18-17-29-15-7-14-27-29)25-28-23-21(26)8-6-9-22(23)35-25/h6-15H,3-5,16-18H2,1-2H3. The number of hydrogen-bond donors (Lipinski definition) is 0. The number of para-hydroxylation sites is 1. The molecule has 4 rings (SSSR count). The third-order valence-corrected chi connectivity index (χ3v) is 8.83. The van der Waals surface area contributed by atoms with E-state index in [-0.39, 0.29) is 22.9 Å². The van der Waals surface area contributed by atoms with Crippen LogP contribution in [-0.4, -0.2) is 53.0 Å². The third-order valence-electron chi connectivity index (χ3n) is 5.80. The number of amides is 1. The molecule has 0 radical (unpaired) electrons. The van der Waals surface area contributed by atoms with Gasteiger partial charge in [0.1, 0.15) is 11.3 Å². The summed E-state index contributed by atoms with van der Waals surface area (Å²) in [6, 6.07) is 12.4. The minimum atomic E-state index is -3.66. The van der Waals surface area contributed by atoms with Crippen molar-refractivity contribution in [2.45, 2.75) is 38.1 Å². The predicted molar refractivity (Wildman–Crippen MR) is 139 cm³/mol. The number of unbranched alkanes of at least 4 members (excludes halogenated alkanes) is 1. The maximum absolute atomic E-state index is 14.3. The summed E-state index contributed by atoms with van der Waals surface area (Å²) in [4.78, 5) is 19.6. The molecule has 0 unspecified atom stereocenters. The molecule has 8 nitrogen and oxygen atoms in total. The molecule has 2 aromatic heterocycles. The number of fused-ring (bicyclic) bond motifs is 1. The van der Waals surface area contributed by atoms with Crippen molar-refractivity contribution in [2.75, 3.05) is 24.5 Å². The van der Waals surface area contributed by atoms with Crippen LogP contribution in [0.25, 0.3) is 10.2 Å². The monoisotopic (exact) mass is 529 g/mol. The van der Waals surface area contributed by atoms with E-state index in [0.717, 1.165) is 12.8 Å². The van der Waals surface area contributed by atoms with Crippen molar-refractivity contribution < 1.29 is 17.6 Å². The number of anilines is 1. The molecule has 0 spiro atoms. The maximum Gasteiger partial charge on any atom is 0.260 e. The fourth-order valence-corrected chi connectivity index (χ4v) is 6.29. The van der Waals surface area contributed by atoms with Crippen LogP contribution in [0.3, 0.4) is 0 Å². The highest BCUT2D eigenvalue weighted by Gasteiger charge is 2.25. The molecule has 0 saturated heterocycles. The van der Waals surface area contributed by atoms with Gasteiger partial charge < -0.3 is 0 Å². The average molecular weight is 530 g/mol. The van der Waals surface area contributed by atoms with Crippen LogP contribution in [0.15, 0.2) is 65.8 Å². The van der Waals surface area contributed by atoms with Gasteiger partial charge >= 0.3 is 0 Å². The van der Waals surface area contributed by atoms with E-state index in [1.54, 1.807) is 35.3 Å². The van der Waals surface area contributed by atoms with E-state index < -0.39 is 15.8 Å². The molecule has 0 aliphatic carbocycles. The van der Waals surface area contributed by atoms with Crippen molar-refractivity contribution in [1.29, 1.82) is 0 Å². The zero-order valence-electron chi connectivity index (χ0n) is 20.2. The number of hydrogen-bond acceptors (Lipinski definition) is 6. The van der Waals surface area contributed by atoms with Crippen molar-refractivity contribution in [3.63, 3.8) is 0 Å². The van der Waals surface area contributed by atoms with Crippen LogP contribution in [0.4, 0.5) is 9.52 Å². The number of halogens is 1. The van der Waals surface area contributed by atoms with Crippen LogP contribution in [0.2, 0.25) is 0 Å². The Morgan fingerprint density at radius 3 is 2.50 bits per heavy atom. The largest absolute Gasteiger partial charge is 0.282 e. The first kappa shape index (κ1) is 25.9. The molecule has 0 atom stereocenters. The molecule has 2 aromatic carbocycles. The van der Waals surface area contributed by atoms with Gasteiger partial charge in [0.05, 0.1) is 16.1 Å². The third kappa shape index (κ3) is 5.48. The molecular weight excluding hydrogens is 501 g/mol. The highest BCUT2D eigenvalue weighted by Crippen LogP contribution is 2.31. The highest BCUT2D eigenvalue weighted by molar-refractivity contribution is 7.89. The summed E-state index contributed by atoms with van der Waals surface area (Å²) >= 11 is 1.22. The van der Waals surface area contributed by atoms with Gasteiger partial charge in [-0.1, -0.05) is 37.7 Å². The maximum atomic E-state index is 14.3. The first-order chi connectivity index (χ1) is 17.3. The van der Waals surface area contributed by atoms with Crippen molar-refractivity contribution in [3.8, 4) is 0 Å². The lowest BCUT2D eigenvalue weighted by Gasteiger charge is -2.21. The first-order valence-corrected chi connectivity index (χ1v) is 14.0. The number of sulfonamides is 1. The van der Waals surface area contributed by atoms with Crippen LogP contribution in [0, 0.1) is 5.82 Å². The van der Waals surface area contributed by atoms with Crippen molar-refractivity contribution in [1.82, 2.24) is 19.1 Å². The van der Waals surface area contributed by atoms with E-state index in [2.05, 4.69) is 10.1 Å². The Morgan fingerprint density at radius 2 is 1.86 bits per heavy atom. The lowest BCUT2D eigenvalue weighted by Crippen LogP contribution is -2.34. The number of rotatable bonds is 11. The topological polar surface area (TPSA) is 88.4 Å². The number of benzene rings is 2. The Bertz CT molecular complexity index is 1420. The molecule has 4 aromatic rings. The molecule has 2 heterocycles. The van der Waals surface area contributed by atoms with Crippen LogP contribution >= 0.6 is 11.3 Å². The number of carbonyl (C=O) groups excluding carboxylic acids is 1. The molecule has 0 bridgehead atoms. The van der Waals surface area contributed by atoms with Gasteiger partial charge in [0.15, 0.2) is 5.13 Å². The summed E-state index contributed by atoms with van der Waals surface area (Å²) in [5.41, 5.74) is 0.522.